The fourth-order valence-electron chi connectivity index (χ4n) is 1.96. The lowest BCUT2D eigenvalue weighted by Gasteiger charge is -2.01. The standard InChI is InChI=1S/C13H9F2N5O/c14-11(15)10-8-3-1-2-4-9(8)20(19-10)13-17-5-7(6-18-13)12(16)21/h1-6,11H,(H2,16,21). The summed E-state index contributed by atoms with van der Waals surface area (Å²) in [6.07, 6.45) is -0.257. The number of alkyl halides is 2. The van der Waals surface area contributed by atoms with E-state index in [-0.39, 0.29) is 17.2 Å². The second-order valence-electron chi connectivity index (χ2n) is 4.25. The molecule has 0 unspecified atom stereocenters. The minimum Gasteiger partial charge on any atom is -0.366 e. The first kappa shape index (κ1) is 13.1. The molecular formula is C13H9F2N5O. The van der Waals surface area contributed by atoms with Crippen molar-refractivity contribution < 1.29 is 13.6 Å². The highest BCUT2D eigenvalue weighted by atomic mass is 19.3. The number of carbonyl (C=O) groups is 1. The Kier molecular flexibility index (Phi) is 3.05. The third kappa shape index (κ3) is 2.20. The van der Waals surface area contributed by atoms with Crippen LogP contribution in [-0.2, 0) is 0 Å². The first-order valence-electron chi connectivity index (χ1n) is 5.96. The highest BCUT2D eigenvalue weighted by Gasteiger charge is 2.19. The molecule has 6 nitrogen and oxygen atoms in total. The lowest BCUT2D eigenvalue weighted by molar-refractivity contribution is 0.0999. The summed E-state index contributed by atoms with van der Waals surface area (Å²) in [5.41, 5.74) is 5.34. The molecule has 2 heterocycles. The molecule has 0 aliphatic carbocycles. The van der Waals surface area contributed by atoms with Crippen LogP contribution in [0, 0.1) is 0 Å². The summed E-state index contributed by atoms with van der Waals surface area (Å²) in [5.74, 6) is -0.580. The monoisotopic (exact) mass is 289 g/mol. The van der Waals surface area contributed by atoms with Crippen LogP contribution in [0.25, 0.3) is 16.9 Å². The Bertz CT molecular complexity index is 813. The number of nitrogens with zero attached hydrogens (tertiary/aromatic N) is 4. The number of hydrogen-bond donors (Lipinski definition) is 1. The fourth-order valence-corrected chi connectivity index (χ4v) is 1.96. The van der Waals surface area contributed by atoms with Gasteiger partial charge in [-0.3, -0.25) is 4.79 Å². The maximum Gasteiger partial charge on any atom is 0.282 e. The van der Waals surface area contributed by atoms with Crippen molar-refractivity contribution in [1.29, 1.82) is 0 Å². The zero-order valence-electron chi connectivity index (χ0n) is 10.6. The van der Waals surface area contributed by atoms with Crippen molar-refractivity contribution in [1.82, 2.24) is 19.7 Å². The number of aromatic nitrogens is 4. The summed E-state index contributed by atoms with van der Waals surface area (Å²) < 4.78 is 27.2. The minimum atomic E-state index is -2.71. The molecule has 2 aromatic heterocycles. The molecule has 0 saturated carbocycles. The van der Waals surface area contributed by atoms with Gasteiger partial charge in [0.15, 0.2) is 0 Å². The average Bonchev–Trinajstić information content (AvgIpc) is 2.87. The third-order valence-electron chi connectivity index (χ3n) is 2.93. The molecule has 0 aliphatic rings. The molecule has 0 aliphatic heterocycles. The molecule has 0 saturated heterocycles. The van der Waals surface area contributed by atoms with Gasteiger partial charge in [-0.15, -0.1) is 0 Å². The number of hydrogen-bond acceptors (Lipinski definition) is 4. The number of benzene rings is 1. The van der Waals surface area contributed by atoms with Crippen molar-refractivity contribution in [2.24, 2.45) is 5.73 Å². The number of halogens is 2. The predicted molar refractivity (Wildman–Crippen MR) is 70.1 cm³/mol. The second-order valence-corrected chi connectivity index (χ2v) is 4.25. The van der Waals surface area contributed by atoms with Crippen LogP contribution in [0.5, 0.6) is 0 Å². The molecule has 0 spiro atoms. The zero-order chi connectivity index (χ0) is 15.0. The van der Waals surface area contributed by atoms with Crippen LogP contribution in [0.1, 0.15) is 22.5 Å². The van der Waals surface area contributed by atoms with Crippen LogP contribution >= 0.6 is 0 Å². The topological polar surface area (TPSA) is 86.7 Å². The molecule has 0 fully saturated rings. The number of rotatable bonds is 3. The van der Waals surface area contributed by atoms with Gasteiger partial charge in [-0.1, -0.05) is 18.2 Å². The lowest BCUT2D eigenvalue weighted by atomic mass is 10.2. The van der Waals surface area contributed by atoms with Gasteiger partial charge in [0.05, 0.1) is 11.1 Å². The second kappa shape index (κ2) is 4.89. The van der Waals surface area contributed by atoms with Gasteiger partial charge in [-0.25, -0.2) is 18.7 Å². The van der Waals surface area contributed by atoms with E-state index in [0.717, 1.165) is 0 Å². The van der Waals surface area contributed by atoms with E-state index >= 15 is 0 Å². The van der Waals surface area contributed by atoms with Crippen LogP contribution in [0.15, 0.2) is 36.7 Å². The van der Waals surface area contributed by atoms with Crippen LogP contribution in [0.2, 0.25) is 0 Å². The van der Waals surface area contributed by atoms with E-state index in [4.69, 9.17) is 5.73 Å². The Hall–Kier alpha value is -2.90. The number of amides is 1. The molecule has 106 valence electrons. The Labute approximate surface area is 117 Å². The number of fused-ring (bicyclic) bond motifs is 1. The van der Waals surface area contributed by atoms with Gasteiger partial charge in [-0.2, -0.15) is 9.78 Å². The SMILES string of the molecule is NC(=O)c1cnc(-n2nc(C(F)F)c3ccccc32)nc1. The Morgan fingerprint density at radius 2 is 1.86 bits per heavy atom. The largest absolute Gasteiger partial charge is 0.366 e. The fraction of sp³-hybridized carbons (Fsp3) is 0.0769. The molecule has 2 N–H and O–H groups in total. The first-order chi connectivity index (χ1) is 10.1. The van der Waals surface area contributed by atoms with Crippen molar-refractivity contribution in [3.63, 3.8) is 0 Å². The molecule has 1 amide bonds. The molecule has 0 radical (unpaired) electrons. The van der Waals surface area contributed by atoms with E-state index < -0.39 is 12.3 Å². The first-order valence-corrected chi connectivity index (χ1v) is 5.96. The van der Waals surface area contributed by atoms with E-state index in [0.29, 0.717) is 10.9 Å². The summed E-state index contributed by atoms with van der Waals surface area (Å²) >= 11 is 0. The van der Waals surface area contributed by atoms with Gasteiger partial charge in [0, 0.05) is 17.8 Å². The van der Waals surface area contributed by atoms with E-state index in [9.17, 15) is 13.6 Å². The predicted octanol–water partition coefficient (Wildman–Crippen LogP) is 1.85. The highest BCUT2D eigenvalue weighted by Crippen LogP contribution is 2.27. The third-order valence-corrected chi connectivity index (χ3v) is 2.93. The quantitative estimate of drug-likeness (QED) is 0.797. The summed E-state index contributed by atoms with van der Waals surface area (Å²) in [6.45, 7) is 0. The number of carbonyl (C=O) groups excluding carboxylic acids is 1. The molecule has 3 rings (SSSR count). The van der Waals surface area contributed by atoms with Crippen LogP contribution in [-0.4, -0.2) is 25.7 Å². The van der Waals surface area contributed by atoms with Crippen molar-refractivity contribution in [3.8, 4) is 5.95 Å². The molecular weight excluding hydrogens is 280 g/mol. The van der Waals surface area contributed by atoms with Crippen LogP contribution in [0.3, 0.4) is 0 Å². The van der Waals surface area contributed by atoms with Crippen LogP contribution in [0.4, 0.5) is 8.78 Å². The van der Waals surface area contributed by atoms with E-state index in [1.54, 1.807) is 24.3 Å². The smallest absolute Gasteiger partial charge is 0.282 e. The van der Waals surface area contributed by atoms with E-state index in [2.05, 4.69) is 15.1 Å². The molecule has 3 aromatic rings. The Balaban J connectivity index is 2.18. The Morgan fingerprint density at radius 3 is 2.48 bits per heavy atom. The van der Waals surface area contributed by atoms with Gasteiger partial charge < -0.3 is 5.73 Å². The molecule has 0 bridgehead atoms. The Morgan fingerprint density at radius 1 is 1.19 bits per heavy atom. The van der Waals surface area contributed by atoms with Gasteiger partial charge in [-0.05, 0) is 6.07 Å². The summed E-state index contributed by atoms with van der Waals surface area (Å²) in [4.78, 5) is 18.8. The average molecular weight is 289 g/mol. The molecule has 0 atom stereocenters. The van der Waals surface area contributed by atoms with Gasteiger partial charge in [0.25, 0.3) is 18.3 Å². The van der Waals surface area contributed by atoms with Gasteiger partial charge >= 0.3 is 0 Å². The van der Waals surface area contributed by atoms with Gasteiger partial charge in [0.1, 0.15) is 5.69 Å². The molecule has 21 heavy (non-hydrogen) atoms. The maximum atomic E-state index is 13.0. The van der Waals surface area contributed by atoms with E-state index in [1.807, 2.05) is 0 Å². The van der Waals surface area contributed by atoms with Crippen molar-refractivity contribution in [3.05, 3.63) is 47.9 Å². The van der Waals surface area contributed by atoms with Gasteiger partial charge in [0.2, 0.25) is 0 Å². The number of nitrogens with two attached hydrogens (primary N) is 1. The maximum absolute atomic E-state index is 13.0. The number of para-hydroxylation sites is 1. The molecule has 1 aromatic carbocycles. The molecule has 8 heteroatoms. The lowest BCUT2D eigenvalue weighted by Crippen LogP contribution is -2.13. The summed E-state index contributed by atoms with van der Waals surface area (Å²) in [5, 5.41) is 4.19. The number of primary amides is 1. The van der Waals surface area contributed by atoms with Crippen molar-refractivity contribution in [2.45, 2.75) is 6.43 Å². The van der Waals surface area contributed by atoms with Crippen LogP contribution < -0.4 is 5.73 Å². The minimum absolute atomic E-state index is 0.0862. The summed E-state index contributed by atoms with van der Waals surface area (Å²) in [6, 6.07) is 6.54. The van der Waals surface area contributed by atoms with Crippen molar-refractivity contribution in [2.75, 3.05) is 0 Å². The summed E-state index contributed by atoms with van der Waals surface area (Å²) in [7, 11) is 0. The van der Waals surface area contributed by atoms with Crippen molar-refractivity contribution >= 4 is 16.8 Å². The van der Waals surface area contributed by atoms with E-state index in [1.165, 1.54) is 17.1 Å². The zero-order valence-corrected chi connectivity index (χ0v) is 10.6. The normalized spacial score (nSPS) is 11.2. The highest BCUT2D eigenvalue weighted by molar-refractivity contribution is 5.92.